The van der Waals surface area contributed by atoms with Crippen molar-refractivity contribution in [3.8, 4) is 11.8 Å². The van der Waals surface area contributed by atoms with Crippen molar-refractivity contribution in [3.63, 3.8) is 0 Å². The number of amides is 1. The first-order chi connectivity index (χ1) is 15.9. The molecule has 33 heavy (non-hydrogen) atoms. The smallest absolute Gasteiger partial charge is 0.249 e. The van der Waals surface area contributed by atoms with Crippen LogP contribution in [0.4, 0.5) is 14.7 Å². The maximum atomic E-state index is 13.8. The van der Waals surface area contributed by atoms with Crippen LogP contribution >= 0.6 is 0 Å². The summed E-state index contributed by atoms with van der Waals surface area (Å²) in [5, 5.41) is 5.66. The van der Waals surface area contributed by atoms with Crippen LogP contribution in [0.1, 0.15) is 56.3 Å². The number of piperidine rings is 1. The van der Waals surface area contributed by atoms with Gasteiger partial charge in [0.05, 0.1) is 11.5 Å². The van der Waals surface area contributed by atoms with Crippen molar-refractivity contribution in [2.45, 2.75) is 45.1 Å². The molecule has 1 saturated heterocycles. The summed E-state index contributed by atoms with van der Waals surface area (Å²) in [4.78, 5) is 24.5. The minimum atomic E-state index is -0.659. The maximum Gasteiger partial charge on any atom is 0.249 e. The summed E-state index contributed by atoms with van der Waals surface area (Å²) in [5.41, 5.74) is 0.496. The van der Waals surface area contributed by atoms with Crippen LogP contribution < -0.4 is 4.90 Å². The number of anilines is 1. The molecule has 3 aliphatic rings. The van der Waals surface area contributed by atoms with Crippen LogP contribution in [0.15, 0.2) is 35.6 Å². The summed E-state index contributed by atoms with van der Waals surface area (Å²) in [7, 11) is 0. The molecule has 170 valence electrons. The van der Waals surface area contributed by atoms with Crippen LogP contribution in [0, 0.1) is 34.8 Å². The maximum absolute atomic E-state index is 13.8. The van der Waals surface area contributed by atoms with Gasteiger partial charge in [0.25, 0.3) is 0 Å². The Morgan fingerprint density at radius 1 is 1.15 bits per heavy atom. The Balaban J connectivity index is 1.27. The minimum absolute atomic E-state index is 0.129. The Hall–Kier alpha value is -3.34. The van der Waals surface area contributed by atoms with E-state index < -0.39 is 23.1 Å². The zero-order chi connectivity index (χ0) is 23.0. The number of hydrazone groups is 1. The number of benzene rings is 1. The van der Waals surface area contributed by atoms with E-state index in [9.17, 15) is 13.6 Å². The summed E-state index contributed by atoms with van der Waals surface area (Å²) in [6, 6.07) is 4.69. The lowest BCUT2D eigenvalue weighted by Crippen LogP contribution is -2.48. The van der Waals surface area contributed by atoms with Crippen molar-refractivity contribution >= 4 is 18.1 Å². The molecule has 2 fully saturated rings. The molecule has 0 radical (unpaired) electrons. The molecule has 8 heteroatoms. The van der Waals surface area contributed by atoms with E-state index >= 15 is 0 Å². The van der Waals surface area contributed by atoms with Gasteiger partial charge in [0, 0.05) is 43.9 Å². The second-order valence-electron chi connectivity index (χ2n) is 9.24. The Bertz CT molecular complexity index is 1140. The van der Waals surface area contributed by atoms with Crippen molar-refractivity contribution in [1.82, 2.24) is 15.0 Å². The predicted molar refractivity (Wildman–Crippen MR) is 120 cm³/mol. The van der Waals surface area contributed by atoms with E-state index in [2.05, 4.69) is 31.8 Å². The summed E-state index contributed by atoms with van der Waals surface area (Å²) < 4.78 is 27.5. The summed E-state index contributed by atoms with van der Waals surface area (Å²) in [6.45, 7) is 3.18. The summed E-state index contributed by atoms with van der Waals surface area (Å²) in [5.74, 6) is 6.03. The van der Waals surface area contributed by atoms with Crippen LogP contribution in [0.5, 0.6) is 0 Å². The number of hydrogen-bond acceptors (Lipinski definition) is 5. The molecule has 0 bridgehead atoms. The molecular weight excluding hydrogens is 424 g/mol. The first kappa shape index (κ1) is 21.5. The van der Waals surface area contributed by atoms with Gasteiger partial charge < -0.3 is 4.90 Å². The van der Waals surface area contributed by atoms with Crippen LogP contribution in [-0.2, 0) is 4.79 Å². The average molecular weight is 450 g/mol. The zero-order valence-electron chi connectivity index (χ0n) is 18.5. The van der Waals surface area contributed by atoms with Crippen LogP contribution in [-0.4, -0.2) is 40.2 Å². The second-order valence-corrected chi connectivity index (χ2v) is 9.24. The molecular formula is C25H25F2N5O. The quantitative estimate of drug-likeness (QED) is 0.663. The van der Waals surface area contributed by atoms with Crippen molar-refractivity contribution in [2.24, 2.45) is 16.4 Å². The molecule has 2 aromatic rings. The van der Waals surface area contributed by atoms with E-state index in [0.29, 0.717) is 55.5 Å². The van der Waals surface area contributed by atoms with Gasteiger partial charge in [-0.2, -0.15) is 5.10 Å². The molecule has 1 atom stereocenters. The monoisotopic (exact) mass is 449 g/mol. The van der Waals surface area contributed by atoms with Gasteiger partial charge in [-0.1, -0.05) is 12.8 Å². The molecule has 1 amide bonds. The lowest BCUT2D eigenvalue weighted by Gasteiger charge is -2.40. The van der Waals surface area contributed by atoms with Crippen molar-refractivity contribution < 1.29 is 13.6 Å². The lowest BCUT2D eigenvalue weighted by molar-refractivity contribution is -0.144. The Morgan fingerprint density at radius 2 is 1.88 bits per heavy atom. The van der Waals surface area contributed by atoms with Gasteiger partial charge >= 0.3 is 0 Å². The molecule has 0 N–H and O–H groups in total. The molecule has 1 aromatic heterocycles. The van der Waals surface area contributed by atoms with Gasteiger partial charge in [0.15, 0.2) is 0 Å². The van der Waals surface area contributed by atoms with Gasteiger partial charge in [-0.25, -0.2) is 23.8 Å². The number of nitrogens with zero attached hydrogens (tertiary/aromatic N) is 5. The highest BCUT2D eigenvalue weighted by atomic mass is 19.1. The number of hydrogen-bond donors (Lipinski definition) is 0. The molecule has 5 rings (SSSR count). The molecule has 1 aliphatic carbocycles. The highest BCUT2D eigenvalue weighted by Crippen LogP contribution is 2.39. The molecule has 1 saturated carbocycles. The number of rotatable bonds is 3. The lowest BCUT2D eigenvalue weighted by atomic mass is 9.79. The van der Waals surface area contributed by atoms with Crippen molar-refractivity contribution in [1.29, 1.82) is 0 Å². The van der Waals surface area contributed by atoms with E-state index in [0.717, 1.165) is 6.07 Å². The summed E-state index contributed by atoms with van der Waals surface area (Å²) in [6.07, 6.45) is 7.32. The number of aromatic nitrogens is 2. The predicted octanol–water partition coefficient (Wildman–Crippen LogP) is 4.08. The molecule has 0 unspecified atom stereocenters. The van der Waals surface area contributed by atoms with E-state index in [4.69, 9.17) is 0 Å². The average Bonchev–Trinajstić information content (AvgIpc) is 3.51. The topological polar surface area (TPSA) is 61.7 Å². The fourth-order valence-corrected chi connectivity index (χ4v) is 4.32. The third kappa shape index (κ3) is 4.58. The molecule has 6 nitrogen and oxygen atoms in total. The molecule has 3 heterocycles. The van der Waals surface area contributed by atoms with Gasteiger partial charge in [-0.05, 0) is 55.4 Å². The van der Waals surface area contributed by atoms with E-state index in [1.165, 1.54) is 30.0 Å². The van der Waals surface area contributed by atoms with Crippen LogP contribution in [0.25, 0.3) is 0 Å². The molecule has 0 spiro atoms. The van der Waals surface area contributed by atoms with Crippen LogP contribution in [0.3, 0.4) is 0 Å². The minimum Gasteiger partial charge on any atom is -0.341 e. The Labute approximate surface area is 191 Å². The zero-order valence-corrected chi connectivity index (χ0v) is 18.5. The summed E-state index contributed by atoms with van der Waals surface area (Å²) >= 11 is 0. The standard InChI is InChI=1S/C25H25F2N5O/c1-25(23(33)32-22(7-11-29-32)18-14-19(26)16-20(27)15-18)8-12-31(13-9-25)24-28-10-6-21(30-24)5-4-17-2-3-17/h6,10-11,14-17,22H,2-3,7-9,12-13H2,1H3/t22-/m1/s1. The fourth-order valence-electron chi connectivity index (χ4n) is 4.32. The van der Waals surface area contributed by atoms with Gasteiger partial charge in [-0.15, -0.1) is 0 Å². The van der Waals surface area contributed by atoms with Crippen molar-refractivity contribution in [2.75, 3.05) is 18.0 Å². The second kappa shape index (κ2) is 8.54. The van der Waals surface area contributed by atoms with Gasteiger partial charge in [0.2, 0.25) is 11.9 Å². The van der Waals surface area contributed by atoms with Gasteiger partial charge in [0.1, 0.15) is 17.3 Å². The Kier molecular flexibility index (Phi) is 5.57. The molecule has 2 aliphatic heterocycles. The number of carbonyl (C=O) groups excluding carboxylic acids is 1. The normalized spacial score (nSPS) is 21.6. The van der Waals surface area contributed by atoms with Gasteiger partial charge in [-0.3, -0.25) is 4.79 Å². The first-order valence-corrected chi connectivity index (χ1v) is 11.3. The third-order valence-corrected chi connectivity index (χ3v) is 6.60. The number of halogens is 2. The Morgan fingerprint density at radius 3 is 2.58 bits per heavy atom. The third-order valence-electron chi connectivity index (χ3n) is 6.60. The fraction of sp³-hybridized carbons (Fsp3) is 0.440. The van der Waals surface area contributed by atoms with Crippen LogP contribution in [0.2, 0.25) is 0 Å². The van der Waals surface area contributed by atoms with E-state index in [-0.39, 0.29) is 5.91 Å². The van der Waals surface area contributed by atoms with E-state index in [1.807, 2.05) is 13.0 Å². The van der Waals surface area contributed by atoms with Crippen molar-refractivity contribution in [3.05, 3.63) is 53.4 Å². The van der Waals surface area contributed by atoms with E-state index in [1.54, 1.807) is 12.4 Å². The highest BCUT2D eigenvalue weighted by molar-refractivity contribution is 5.85. The number of carbonyl (C=O) groups is 1. The first-order valence-electron chi connectivity index (χ1n) is 11.3. The highest BCUT2D eigenvalue weighted by Gasteiger charge is 2.43. The molecule has 1 aromatic carbocycles. The largest absolute Gasteiger partial charge is 0.341 e. The SMILES string of the molecule is CC1(C(=O)N2N=CC[C@@H]2c2cc(F)cc(F)c2)CCN(c2nccc(C#CC3CC3)n2)CC1.